The van der Waals surface area contributed by atoms with E-state index in [1.807, 2.05) is 0 Å². The fourth-order valence-corrected chi connectivity index (χ4v) is 9.57. The summed E-state index contributed by atoms with van der Waals surface area (Å²) >= 11 is 4.40. The highest BCUT2D eigenvalue weighted by Crippen LogP contribution is 2.65. The molecule has 2 fully saturated rings. The van der Waals surface area contributed by atoms with Crippen molar-refractivity contribution in [2.45, 2.75) is 28.6 Å². The van der Waals surface area contributed by atoms with Crippen LogP contribution in [0.5, 0.6) is 0 Å². The van der Waals surface area contributed by atoms with E-state index in [0.717, 1.165) is 5.92 Å². The second-order valence-corrected chi connectivity index (χ2v) is 12.2. The first-order chi connectivity index (χ1) is 15.3. The van der Waals surface area contributed by atoms with Gasteiger partial charge in [0.1, 0.15) is 4.08 Å². The van der Waals surface area contributed by atoms with E-state index in [4.69, 9.17) is 0 Å². The second-order valence-electron chi connectivity index (χ2n) is 9.19. The van der Waals surface area contributed by atoms with Crippen LogP contribution in [0.2, 0.25) is 0 Å². The minimum atomic E-state index is 0.101. The number of piperidine rings is 1. The Balaban J connectivity index is 1.12. The lowest BCUT2D eigenvalue weighted by Gasteiger charge is -2.34. The Hall–Kier alpha value is -1.68. The second kappa shape index (κ2) is 8.35. The largest absolute Gasteiger partial charge is 0.302 e. The van der Waals surface area contributed by atoms with Gasteiger partial charge in [-0.05, 0) is 66.1 Å². The van der Waals surface area contributed by atoms with Crippen molar-refractivity contribution in [2.24, 2.45) is 5.92 Å². The lowest BCUT2D eigenvalue weighted by Crippen LogP contribution is -2.38. The van der Waals surface area contributed by atoms with Crippen LogP contribution >= 0.6 is 23.5 Å². The van der Waals surface area contributed by atoms with Gasteiger partial charge in [-0.2, -0.15) is 0 Å². The highest BCUT2D eigenvalue weighted by molar-refractivity contribution is 8.21. The Morgan fingerprint density at radius 2 is 1.39 bits per heavy atom. The number of benzene rings is 3. The molecule has 158 valence electrons. The van der Waals surface area contributed by atoms with Crippen LogP contribution < -0.4 is 0 Å². The maximum Gasteiger partial charge on any atom is 0.113 e. The van der Waals surface area contributed by atoms with Gasteiger partial charge in [0.15, 0.2) is 0 Å². The zero-order valence-corrected chi connectivity index (χ0v) is 19.5. The first kappa shape index (κ1) is 20.0. The molecule has 1 aliphatic carbocycles. The molecule has 1 atom stereocenters. The number of nitrogens with zero attached hydrogens (tertiary/aromatic N) is 1. The fourth-order valence-electron chi connectivity index (χ4n) is 5.65. The quantitative estimate of drug-likeness (QED) is 0.443. The van der Waals surface area contributed by atoms with Crippen LogP contribution in [0.1, 0.15) is 29.5 Å². The lowest BCUT2D eigenvalue weighted by atomic mass is 9.90. The number of hydrogen-bond acceptors (Lipinski definition) is 3. The molecule has 2 heterocycles. The van der Waals surface area contributed by atoms with E-state index in [-0.39, 0.29) is 4.08 Å². The van der Waals surface area contributed by atoms with Gasteiger partial charge in [0, 0.05) is 17.5 Å². The van der Waals surface area contributed by atoms with Crippen LogP contribution in [0.25, 0.3) is 11.1 Å². The summed E-state index contributed by atoms with van der Waals surface area (Å²) < 4.78 is 0.101. The number of likely N-dealkylation sites (tertiary alicyclic amines) is 1. The number of hydrogen-bond donors (Lipinski definition) is 0. The zero-order chi connectivity index (χ0) is 20.7. The van der Waals surface area contributed by atoms with Crippen molar-refractivity contribution >= 4 is 23.5 Å². The highest BCUT2D eigenvalue weighted by Gasteiger charge is 2.49. The van der Waals surface area contributed by atoms with Crippen molar-refractivity contribution in [3.63, 3.8) is 0 Å². The molecule has 3 aromatic carbocycles. The average molecular weight is 444 g/mol. The molecule has 0 bridgehead atoms. The first-order valence-electron chi connectivity index (χ1n) is 11.6. The monoisotopic (exact) mass is 443 g/mol. The molecule has 2 saturated heterocycles. The molecule has 6 rings (SSSR count). The number of rotatable bonds is 4. The third kappa shape index (κ3) is 3.65. The van der Waals surface area contributed by atoms with Crippen LogP contribution in [0.3, 0.4) is 0 Å². The molecule has 3 aliphatic rings. The zero-order valence-electron chi connectivity index (χ0n) is 17.9. The van der Waals surface area contributed by atoms with Gasteiger partial charge in [-0.25, -0.2) is 0 Å². The summed E-state index contributed by atoms with van der Waals surface area (Å²) in [6.45, 7) is 3.76. The molecule has 3 aromatic rings. The van der Waals surface area contributed by atoms with Crippen molar-refractivity contribution < 1.29 is 0 Å². The molecule has 0 saturated carbocycles. The predicted molar refractivity (Wildman–Crippen MR) is 136 cm³/mol. The van der Waals surface area contributed by atoms with Gasteiger partial charge in [0.25, 0.3) is 0 Å². The minimum absolute atomic E-state index is 0.101. The normalized spacial score (nSPS) is 22.5. The third-order valence-corrected chi connectivity index (χ3v) is 10.9. The van der Waals surface area contributed by atoms with E-state index in [0.29, 0.717) is 5.25 Å². The van der Waals surface area contributed by atoms with Gasteiger partial charge >= 0.3 is 0 Å². The molecule has 31 heavy (non-hydrogen) atoms. The van der Waals surface area contributed by atoms with Gasteiger partial charge in [-0.3, -0.25) is 0 Å². The maximum atomic E-state index is 2.74. The van der Waals surface area contributed by atoms with Crippen molar-refractivity contribution in [2.75, 3.05) is 25.4 Å². The standard InChI is InChI=1S/C28H29NS2/c1-2-8-21(9-3-1)18-22-14-16-29(17-15-22)19-23-20-30-28(31-23)26-12-6-4-10-24(26)25-11-5-7-13-27(25)28/h1-13,22-23H,14-20H2. The molecule has 1 unspecified atom stereocenters. The van der Waals surface area contributed by atoms with Crippen molar-refractivity contribution in [3.8, 4) is 11.1 Å². The topological polar surface area (TPSA) is 3.24 Å². The van der Waals surface area contributed by atoms with Crippen molar-refractivity contribution in [1.29, 1.82) is 0 Å². The Labute approximate surface area is 194 Å². The smallest absolute Gasteiger partial charge is 0.113 e. The number of thioether (sulfide) groups is 2. The van der Waals surface area contributed by atoms with Crippen LogP contribution in [0.4, 0.5) is 0 Å². The summed E-state index contributed by atoms with van der Waals surface area (Å²) in [7, 11) is 0. The fraction of sp³-hybridized carbons (Fsp3) is 0.357. The van der Waals surface area contributed by atoms with Crippen molar-refractivity contribution in [1.82, 2.24) is 4.90 Å². The van der Waals surface area contributed by atoms with E-state index in [1.165, 1.54) is 72.5 Å². The van der Waals surface area contributed by atoms with Gasteiger partial charge in [-0.1, -0.05) is 78.9 Å². The minimum Gasteiger partial charge on any atom is -0.302 e. The summed E-state index contributed by atoms with van der Waals surface area (Å²) in [5.74, 6) is 2.10. The van der Waals surface area contributed by atoms with Crippen molar-refractivity contribution in [3.05, 3.63) is 95.6 Å². The van der Waals surface area contributed by atoms with E-state index < -0.39 is 0 Å². The molecule has 0 amide bonds. The summed E-state index contributed by atoms with van der Waals surface area (Å²) in [6.07, 6.45) is 3.94. The van der Waals surface area contributed by atoms with E-state index in [1.54, 1.807) is 0 Å². The van der Waals surface area contributed by atoms with Gasteiger partial charge in [-0.15, -0.1) is 23.5 Å². The van der Waals surface area contributed by atoms with Crippen LogP contribution in [-0.4, -0.2) is 35.5 Å². The Morgan fingerprint density at radius 1 is 0.774 bits per heavy atom. The summed E-state index contributed by atoms with van der Waals surface area (Å²) in [5, 5.41) is 0.704. The molecule has 0 radical (unpaired) electrons. The average Bonchev–Trinajstić information content (AvgIpc) is 3.37. The van der Waals surface area contributed by atoms with Crippen LogP contribution in [0, 0.1) is 5.92 Å². The molecule has 3 heteroatoms. The molecule has 1 spiro atoms. The Morgan fingerprint density at radius 3 is 2.06 bits per heavy atom. The first-order valence-corrected chi connectivity index (χ1v) is 13.5. The Bertz CT molecular complexity index is 1010. The Kier molecular flexibility index (Phi) is 5.38. The van der Waals surface area contributed by atoms with Gasteiger partial charge in [0.2, 0.25) is 0 Å². The highest BCUT2D eigenvalue weighted by atomic mass is 32.2. The molecule has 0 N–H and O–H groups in total. The summed E-state index contributed by atoms with van der Waals surface area (Å²) in [5.41, 5.74) is 7.44. The maximum absolute atomic E-state index is 2.74. The van der Waals surface area contributed by atoms with E-state index in [2.05, 4.69) is 107 Å². The molecular formula is C28H29NS2. The third-order valence-electron chi connectivity index (χ3n) is 7.19. The number of fused-ring (bicyclic) bond motifs is 5. The summed E-state index contributed by atoms with van der Waals surface area (Å²) in [4.78, 5) is 2.74. The van der Waals surface area contributed by atoms with Crippen LogP contribution in [-0.2, 0) is 10.5 Å². The molecular weight excluding hydrogens is 414 g/mol. The SMILES string of the molecule is c1ccc(CC2CCN(CC3CSC4(S3)c3ccccc3-c3ccccc34)CC2)cc1. The predicted octanol–water partition coefficient (Wildman–Crippen LogP) is 6.67. The van der Waals surface area contributed by atoms with E-state index >= 15 is 0 Å². The molecule has 0 aromatic heterocycles. The summed E-state index contributed by atoms with van der Waals surface area (Å²) in [6, 6.07) is 29.2. The lowest BCUT2D eigenvalue weighted by molar-refractivity contribution is 0.186. The van der Waals surface area contributed by atoms with Gasteiger partial charge in [0.05, 0.1) is 0 Å². The molecule has 1 nitrogen and oxygen atoms in total. The van der Waals surface area contributed by atoms with E-state index in [9.17, 15) is 0 Å². The van der Waals surface area contributed by atoms with Gasteiger partial charge < -0.3 is 4.90 Å². The van der Waals surface area contributed by atoms with Crippen LogP contribution in [0.15, 0.2) is 78.9 Å². The molecule has 2 aliphatic heterocycles.